The highest BCUT2D eigenvalue weighted by Gasteiger charge is 2.20. The van der Waals surface area contributed by atoms with E-state index in [9.17, 15) is 5.11 Å². The van der Waals surface area contributed by atoms with E-state index in [0.717, 1.165) is 24.6 Å². The van der Waals surface area contributed by atoms with Crippen molar-refractivity contribution in [2.75, 3.05) is 13.6 Å². The van der Waals surface area contributed by atoms with Crippen molar-refractivity contribution in [3.05, 3.63) is 35.4 Å². The van der Waals surface area contributed by atoms with Crippen molar-refractivity contribution in [1.29, 1.82) is 0 Å². The molecule has 1 aliphatic rings. The maximum Gasteiger partial charge on any atom is 0.0804 e. The number of hydrogen-bond acceptors (Lipinski definition) is 2. The Morgan fingerprint density at radius 1 is 1.28 bits per heavy atom. The second kappa shape index (κ2) is 6.35. The van der Waals surface area contributed by atoms with Gasteiger partial charge < -0.3 is 10.0 Å². The van der Waals surface area contributed by atoms with Crippen molar-refractivity contribution in [2.24, 2.45) is 0 Å². The van der Waals surface area contributed by atoms with Gasteiger partial charge in [0.05, 0.1) is 6.10 Å². The lowest BCUT2D eigenvalue weighted by atomic mass is 10.0. The lowest BCUT2D eigenvalue weighted by Gasteiger charge is -2.25. The molecule has 100 valence electrons. The topological polar surface area (TPSA) is 23.5 Å². The van der Waals surface area contributed by atoms with E-state index in [4.69, 9.17) is 0 Å². The molecule has 0 heterocycles. The zero-order valence-corrected chi connectivity index (χ0v) is 11.6. The molecular formula is C16H25NO. The van der Waals surface area contributed by atoms with Gasteiger partial charge in [-0.2, -0.15) is 0 Å². The zero-order valence-electron chi connectivity index (χ0n) is 11.6. The van der Waals surface area contributed by atoms with E-state index in [1.165, 1.54) is 31.2 Å². The number of rotatable bonds is 5. The second-order valence-corrected chi connectivity index (χ2v) is 5.58. The summed E-state index contributed by atoms with van der Waals surface area (Å²) in [5.74, 6) is 0. The fraction of sp³-hybridized carbons (Fsp3) is 0.625. The molecule has 0 radical (unpaired) electrons. The maximum atomic E-state index is 10.3. The van der Waals surface area contributed by atoms with Crippen LogP contribution in [0.15, 0.2) is 24.3 Å². The third kappa shape index (κ3) is 3.33. The molecule has 1 saturated carbocycles. The van der Waals surface area contributed by atoms with Crippen molar-refractivity contribution >= 4 is 0 Å². The number of hydrogen-bond donors (Lipinski definition) is 1. The summed E-state index contributed by atoms with van der Waals surface area (Å²) < 4.78 is 0. The summed E-state index contributed by atoms with van der Waals surface area (Å²) >= 11 is 0. The van der Waals surface area contributed by atoms with Crippen molar-refractivity contribution < 1.29 is 5.11 Å². The molecule has 1 aliphatic carbocycles. The zero-order chi connectivity index (χ0) is 13.0. The molecule has 0 aromatic heterocycles. The number of aliphatic hydroxyl groups is 1. The molecule has 2 rings (SSSR count). The van der Waals surface area contributed by atoms with Gasteiger partial charge in [-0.15, -0.1) is 0 Å². The third-order valence-corrected chi connectivity index (χ3v) is 4.25. The van der Waals surface area contributed by atoms with Crippen LogP contribution in [-0.2, 0) is 0 Å². The van der Waals surface area contributed by atoms with Crippen LogP contribution in [0.4, 0.5) is 0 Å². The molecular weight excluding hydrogens is 222 g/mol. The first kappa shape index (κ1) is 13.6. The summed E-state index contributed by atoms with van der Waals surface area (Å²) in [5.41, 5.74) is 2.27. The highest BCUT2D eigenvalue weighted by molar-refractivity contribution is 5.27. The molecule has 0 spiro atoms. The normalized spacial score (nSPS) is 18.4. The number of aryl methyl sites for hydroxylation is 1. The van der Waals surface area contributed by atoms with E-state index in [2.05, 4.69) is 24.9 Å². The largest absolute Gasteiger partial charge is 0.388 e. The fourth-order valence-corrected chi connectivity index (χ4v) is 2.97. The minimum atomic E-state index is -0.324. The highest BCUT2D eigenvalue weighted by Crippen LogP contribution is 2.25. The molecule has 18 heavy (non-hydrogen) atoms. The van der Waals surface area contributed by atoms with Crippen LogP contribution in [0.3, 0.4) is 0 Å². The molecule has 1 aromatic rings. The molecule has 0 aliphatic heterocycles. The van der Waals surface area contributed by atoms with Gasteiger partial charge in [0.1, 0.15) is 0 Å². The van der Waals surface area contributed by atoms with Gasteiger partial charge in [0, 0.05) is 12.6 Å². The van der Waals surface area contributed by atoms with E-state index >= 15 is 0 Å². The molecule has 1 N–H and O–H groups in total. The Hall–Kier alpha value is -0.860. The monoisotopic (exact) mass is 247 g/mol. The molecule has 0 amide bonds. The smallest absolute Gasteiger partial charge is 0.0804 e. The van der Waals surface area contributed by atoms with Gasteiger partial charge in [-0.1, -0.05) is 37.1 Å². The molecule has 1 aromatic carbocycles. The van der Waals surface area contributed by atoms with Crippen LogP contribution in [0.25, 0.3) is 0 Å². The third-order valence-electron chi connectivity index (χ3n) is 4.25. The van der Waals surface area contributed by atoms with Gasteiger partial charge in [0.25, 0.3) is 0 Å². The average Bonchev–Trinajstić information content (AvgIpc) is 2.90. The first-order chi connectivity index (χ1) is 8.68. The minimum absolute atomic E-state index is 0.324. The van der Waals surface area contributed by atoms with E-state index in [1.54, 1.807) is 0 Å². The van der Waals surface area contributed by atoms with Gasteiger partial charge in [-0.25, -0.2) is 0 Å². The number of nitrogens with zero attached hydrogens (tertiary/aromatic N) is 1. The van der Waals surface area contributed by atoms with E-state index in [0.29, 0.717) is 0 Å². The van der Waals surface area contributed by atoms with Crippen LogP contribution < -0.4 is 0 Å². The summed E-state index contributed by atoms with van der Waals surface area (Å²) in [5, 5.41) is 10.3. The van der Waals surface area contributed by atoms with Gasteiger partial charge in [0.15, 0.2) is 0 Å². The van der Waals surface area contributed by atoms with Gasteiger partial charge >= 0.3 is 0 Å². The standard InChI is InChI=1S/C16H25NO/c1-13-7-3-6-10-15(13)16(18)11-12-17(2)14-8-4-5-9-14/h3,6-7,10,14,16,18H,4-5,8-9,11-12H2,1-2H3. The molecule has 1 atom stereocenters. The summed E-state index contributed by atoms with van der Waals surface area (Å²) in [6, 6.07) is 8.88. The molecule has 0 saturated heterocycles. The molecule has 1 fully saturated rings. The molecule has 1 unspecified atom stereocenters. The van der Waals surface area contributed by atoms with Gasteiger partial charge in [-0.05, 0) is 44.4 Å². The van der Waals surface area contributed by atoms with Crippen LogP contribution in [-0.4, -0.2) is 29.6 Å². The van der Waals surface area contributed by atoms with Crippen LogP contribution in [0.1, 0.15) is 49.3 Å². The predicted octanol–water partition coefficient (Wildman–Crippen LogP) is 3.29. The van der Waals surface area contributed by atoms with Crippen molar-refractivity contribution in [2.45, 2.75) is 51.2 Å². The van der Waals surface area contributed by atoms with Crippen LogP contribution >= 0.6 is 0 Å². The first-order valence-corrected chi connectivity index (χ1v) is 7.12. The Balaban J connectivity index is 1.84. The van der Waals surface area contributed by atoms with Crippen LogP contribution in [0, 0.1) is 6.92 Å². The Bertz CT molecular complexity index is 371. The van der Waals surface area contributed by atoms with E-state index in [1.807, 2.05) is 18.2 Å². The SMILES string of the molecule is Cc1ccccc1C(O)CCN(C)C1CCCC1. The highest BCUT2D eigenvalue weighted by atomic mass is 16.3. The second-order valence-electron chi connectivity index (χ2n) is 5.58. The molecule has 2 heteroatoms. The number of benzene rings is 1. The van der Waals surface area contributed by atoms with Crippen LogP contribution in [0.2, 0.25) is 0 Å². The Kier molecular flexibility index (Phi) is 4.79. The van der Waals surface area contributed by atoms with Crippen molar-refractivity contribution in [3.8, 4) is 0 Å². The predicted molar refractivity (Wildman–Crippen MR) is 75.6 cm³/mol. The number of aliphatic hydroxyl groups excluding tert-OH is 1. The fourth-order valence-electron chi connectivity index (χ4n) is 2.97. The average molecular weight is 247 g/mol. The van der Waals surface area contributed by atoms with E-state index < -0.39 is 0 Å². The summed E-state index contributed by atoms with van der Waals surface area (Å²) in [6.07, 6.45) is 5.91. The maximum absolute atomic E-state index is 10.3. The Morgan fingerprint density at radius 2 is 1.94 bits per heavy atom. The van der Waals surface area contributed by atoms with Crippen molar-refractivity contribution in [1.82, 2.24) is 4.90 Å². The lowest BCUT2D eigenvalue weighted by Crippen LogP contribution is -2.30. The quantitative estimate of drug-likeness (QED) is 0.863. The van der Waals surface area contributed by atoms with Gasteiger partial charge in [-0.3, -0.25) is 0 Å². The van der Waals surface area contributed by atoms with Crippen molar-refractivity contribution in [3.63, 3.8) is 0 Å². The first-order valence-electron chi connectivity index (χ1n) is 7.12. The minimum Gasteiger partial charge on any atom is -0.388 e. The summed E-state index contributed by atoms with van der Waals surface area (Å²) in [4.78, 5) is 2.43. The summed E-state index contributed by atoms with van der Waals surface area (Å²) in [7, 11) is 2.19. The lowest BCUT2D eigenvalue weighted by molar-refractivity contribution is 0.136. The van der Waals surface area contributed by atoms with Gasteiger partial charge in [0.2, 0.25) is 0 Å². The van der Waals surface area contributed by atoms with Crippen LogP contribution in [0.5, 0.6) is 0 Å². The van der Waals surface area contributed by atoms with E-state index in [-0.39, 0.29) is 6.10 Å². The summed E-state index contributed by atoms with van der Waals surface area (Å²) in [6.45, 7) is 3.05. The Labute approximate surface area is 111 Å². The molecule has 0 bridgehead atoms. The molecule has 2 nitrogen and oxygen atoms in total. The Morgan fingerprint density at radius 3 is 2.61 bits per heavy atom.